The number of hydrogen-bond acceptors (Lipinski definition) is 6. The van der Waals surface area contributed by atoms with Gasteiger partial charge in [-0.1, -0.05) is 12.1 Å². The van der Waals surface area contributed by atoms with E-state index in [4.69, 9.17) is 18.9 Å². The molecule has 144 valence electrons. The predicted molar refractivity (Wildman–Crippen MR) is 101 cm³/mol. The first-order chi connectivity index (χ1) is 13.0. The number of carbonyl (C=O) groups excluding carboxylic acids is 1. The van der Waals surface area contributed by atoms with Crippen molar-refractivity contribution < 1.29 is 23.7 Å². The minimum absolute atomic E-state index is 0.0378. The van der Waals surface area contributed by atoms with E-state index in [0.717, 1.165) is 17.1 Å². The van der Waals surface area contributed by atoms with Crippen molar-refractivity contribution in [2.24, 2.45) is 0 Å². The number of hydrogen-bond donors (Lipinski definition) is 1. The van der Waals surface area contributed by atoms with Gasteiger partial charge < -0.3 is 29.2 Å². The number of carbonyl (C=O) groups is 1. The van der Waals surface area contributed by atoms with Crippen LogP contribution in [0.4, 0.5) is 0 Å². The van der Waals surface area contributed by atoms with E-state index in [1.165, 1.54) is 14.2 Å². The van der Waals surface area contributed by atoms with Crippen molar-refractivity contribution in [3.05, 3.63) is 47.5 Å². The molecule has 0 aromatic heterocycles. The van der Waals surface area contributed by atoms with Crippen molar-refractivity contribution in [2.45, 2.75) is 6.04 Å². The fourth-order valence-electron chi connectivity index (χ4n) is 3.07. The molecule has 2 aromatic carbocycles. The van der Waals surface area contributed by atoms with Crippen LogP contribution in [0.25, 0.3) is 0 Å². The summed E-state index contributed by atoms with van der Waals surface area (Å²) in [5.74, 6) is 2.14. The zero-order valence-corrected chi connectivity index (χ0v) is 15.9. The molecule has 0 unspecified atom stereocenters. The second-order valence-corrected chi connectivity index (χ2v) is 6.34. The Kier molecular flexibility index (Phi) is 5.71. The Morgan fingerprint density at radius 2 is 1.78 bits per heavy atom. The van der Waals surface area contributed by atoms with E-state index in [-0.39, 0.29) is 18.7 Å². The molecule has 2 aromatic rings. The van der Waals surface area contributed by atoms with E-state index in [9.17, 15) is 4.79 Å². The van der Waals surface area contributed by atoms with E-state index in [1.807, 2.05) is 37.2 Å². The number of nitrogens with one attached hydrogen (secondary N) is 1. The van der Waals surface area contributed by atoms with Crippen molar-refractivity contribution in [1.82, 2.24) is 10.2 Å². The molecule has 1 aliphatic heterocycles. The number of fused-ring (bicyclic) bond motifs is 1. The quantitative estimate of drug-likeness (QED) is 0.805. The van der Waals surface area contributed by atoms with E-state index < -0.39 is 0 Å². The number of likely N-dealkylation sites (N-methyl/N-ethyl adjacent to an activating group) is 1. The van der Waals surface area contributed by atoms with Gasteiger partial charge in [-0.25, -0.2) is 0 Å². The van der Waals surface area contributed by atoms with Gasteiger partial charge in [0, 0.05) is 6.54 Å². The third-order valence-corrected chi connectivity index (χ3v) is 4.52. The normalized spacial score (nSPS) is 13.4. The highest BCUT2D eigenvalue weighted by Gasteiger charge is 2.22. The van der Waals surface area contributed by atoms with Crippen molar-refractivity contribution in [2.75, 3.05) is 41.7 Å². The van der Waals surface area contributed by atoms with Crippen LogP contribution in [0.5, 0.6) is 23.0 Å². The van der Waals surface area contributed by atoms with Crippen LogP contribution in [0.2, 0.25) is 0 Å². The van der Waals surface area contributed by atoms with Crippen LogP contribution >= 0.6 is 0 Å². The van der Waals surface area contributed by atoms with Crippen molar-refractivity contribution in [1.29, 1.82) is 0 Å². The van der Waals surface area contributed by atoms with Gasteiger partial charge in [-0.2, -0.15) is 0 Å². The zero-order valence-electron chi connectivity index (χ0n) is 15.9. The Hall–Kier alpha value is -2.93. The smallest absolute Gasteiger partial charge is 0.258 e. The number of rotatable bonds is 7. The number of amides is 1. The maximum absolute atomic E-state index is 12.8. The Morgan fingerprint density at radius 1 is 1.11 bits per heavy atom. The van der Waals surface area contributed by atoms with E-state index in [0.29, 0.717) is 23.6 Å². The van der Waals surface area contributed by atoms with E-state index in [1.54, 1.807) is 18.2 Å². The number of ether oxygens (including phenoxy) is 4. The summed E-state index contributed by atoms with van der Waals surface area (Å²) in [6.07, 6.45) is 0. The van der Waals surface area contributed by atoms with Gasteiger partial charge in [-0.15, -0.1) is 0 Å². The SMILES string of the molecule is COc1cccc(OC)c1C(=O)NC[C@@H](c1ccc2c(c1)OCO2)N(C)C. The Bertz CT molecular complexity index is 800. The van der Waals surface area contributed by atoms with Gasteiger partial charge in [-0.05, 0) is 43.9 Å². The van der Waals surface area contributed by atoms with E-state index in [2.05, 4.69) is 5.32 Å². The molecule has 7 heteroatoms. The van der Waals surface area contributed by atoms with Crippen LogP contribution < -0.4 is 24.3 Å². The fourth-order valence-corrected chi connectivity index (χ4v) is 3.07. The predicted octanol–water partition coefficient (Wildman–Crippen LogP) is 2.47. The molecule has 7 nitrogen and oxygen atoms in total. The van der Waals surface area contributed by atoms with Gasteiger partial charge in [0.1, 0.15) is 17.1 Å². The molecule has 3 rings (SSSR count). The lowest BCUT2D eigenvalue weighted by atomic mass is 10.0. The molecular weight excluding hydrogens is 348 g/mol. The summed E-state index contributed by atoms with van der Waals surface area (Å²) in [4.78, 5) is 14.9. The van der Waals surface area contributed by atoms with Crippen molar-refractivity contribution in [3.63, 3.8) is 0 Å². The van der Waals surface area contributed by atoms with Crippen LogP contribution in [0, 0.1) is 0 Å². The molecule has 0 radical (unpaired) electrons. The molecule has 27 heavy (non-hydrogen) atoms. The van der Waals surface area contributed by atoms with E-state index >= 15 is 0 Å². The summed E-state index contributed by atoms with van der Waals surface area (Å²) in [5.41, 5.74) is 1.40. The van der Waals surface area contributed by atoms with Crippen LogP contribution in [-0.4, -0.2) is 52.5 Å². The van der Waals surface area contributed by atoms with Gasteiger partial charge in [0.2, 0.25) is 6.79 Å². The lowest BCUT2D eigenvalue weighted by Gasteiger charge is -2.25. The highest BCUT2D eigenvalue weighted by Crippen LogP contribution is 2.35. The molecule has 1 atom stereocenters. The summed E-state index contributed by atoms with van der Waals surface area (Å²) in [6, 6.07) is 11.0. The second-order valence-electron chi connectivity index (χ2n) is 6.34. The molecule has 1 amide bonds. The molecule has 0 aliphatic carbocycles. The summed E-state index contributed by atoms with van der Waals surface area (Å²) in [6.45, 7) is 0.641. The maximum atomic E-state index is 12.8. The molecule has 0 fully saturated rings. The van der Waals surface area contributed by atoms with Gasteiger partial charge >= 0.3 is 0 Å². The third-order valence-electron chi connectivity index (χ3n) is 4.52. The summed E-state index contributed by atoms with van der Waals surface area (Å²) in [7, 11) is 6.98. The van der Waals surface area contributed by atoms with Gasteiger partial charge in [0.05, 0.1) is 20.3 Å². The summed E-state index contributed by atoms with van der Waals surface area (Å²) >= 11 is 0. The molecule has 0 spiro atoms. The van der Waals surface area contributed by atoms with Crippen LogP contribution in [0.3, 0.4) is 0 Å². The van der Waals surface area contributed by atoms with Crippen LogP contribution in [0.15, 0.2) is 36.4 Å². The number of methoxy groups -OCH3 is 2. The standard InChI is InChI=1S/C20H24N2O5/c1-22(2)14(13-8-9-15-18(10-13)27-12-26-15)11-21-20(23)19-16(24-3)6-5-7-17(19)25-4/h5-10,14H,11-12H2,1-4H3,(H,21,23)/t14-/m0/s1. The zero-order chi connectivity index (χ0) is 19.4. The van der Waals surface area contributed by atoms with Gasteiger partial charge in [-0.3, -0.25) is 4.79 Å². The minimum atomic E-state index is -0.253. The largest absolute Gasteiger partial charge is 0.496 e. The summed E-state index contributed by atoms with van der Waals surface area (Å²) in [5, 5.41) is 2.98. The van der Waals surface area contributed by atoms with Crippen LogP contribution in [-0.2, 0) is 0 Å². The number of nitrogens with zero attached hydrogens (tertiary/aromatic N) is 1. The molecule has 0 bridgehead atoms. The molecular formula is C20H24N2O5. The molecule has 0 saturated carbocycles. The lowest BCUT2D eigenvalue weighted by Crippen LogP contribution is -2.34. The molecule has 1 aliphatic rings. The van der Waals surface area contributed by atoms with Gasteiger partial charge in [0.15, 0.2) is 11.5 Å². The van der Waals surface area contributed by atoms with Crippen molar-refractivity contribution in [3.8, 4) is 23.0 Å². The molecule has 1 heterocycles. The number of benzene rings is 2. The fraction of sp³-hybridized carbons (Fsp3) is 0.350. The van der Waals surface area contributed by atoms with Crippen LogP contribution in [0.1, 0.15) is 22.0 Å². The first-order valence-corrected chi connectivity index (χ1v) is 8.60. The molecule has 1 N–H and O–H groups in total. The minimum Gasteiger partial charge on any atom is -0.496 e. The maximum Gasteiger partial charge on any atom is 0.258 e. The topological polar surface area (TPSA) is 69.3 Å². The second kappa shape index (κ2) is 8.18. The summed E-state index contributed by atoms with van der Waals surface area (Å²) < 4.78 is 21.5. The Morgan fingerprint density at radius 3 is 2.41 bits per heavy atom. The first kappa shape index (κ1) is 18.8. The monoisotopic (exact) mass is 372 g/mol. The Balaban J connectivity index is 1.78. The lowest BCUT2D eigenvalue weighted by molar-refractivity contribution is 0.0935. The Labute approximate surface area is 158 Å². The van der Waals surface area contributed by atoms with Gasteiger partial charge in [0.25, 0.3) is 5.91 Å². The molecule has 0 saturated heterocycles. The van der Waals surface area contributed by atoms with Crippen molar-refractivity contribution >= 4 is 5.91 Å². The average Bonchev–Trinajstić information content (AvgIpc) is 3.14. The third kappa shape index (κ3) is 3.93. The average molecular weight is 372 g/mol. The first-order valence-electron chi connectivity index (χ1n) is 8.60. The highest BCUT2D eigenvalue weighted by molar-refractivity contribution is 5.99. The highest BCUT2D eigenvalue weighted by atomic mass is 16.7.